The van der Waals surface area contributed by atoms with Crippen LogP contribution in [-0.2, 0) is 9.53 Å². The molecule has 0 aromatic carbocycles. The molecule has 1 unspecified atom stereocenters. The van der Waals surface area contributed by atoms with Gasteiger partial charge in [-0.05, 0) is 0 Å². The molecule has 0 saturated carbocycles. The molecule has 0 fully saturated rings. The fourth-order valence-electron chi connectivity index (χ4n) is 0.542. The Kier molecular flexibility index (Phi) is 6.49. The van der Waals surface area contributed by atoms with Gasteiger partial charge in [0.1, 0.15) is 4.83 Å². The Bertz CT molecular complexity index is 121. The average Bonchev–Trinajstić information content (AvgIpc) is 2.03. The van der Waals surface area contributed by atoms with Gasteiger partial charge in [-0.25, -0.2) is 0 Å². The second kappa shape index (κ2) is 6.57. The molecule has 3 N–H and O–H groups in total. The van der Waals surface area contributed by atoms with E-state index in [0.717, 1.165) is 0 Å². The molecule has 0 aliphatic rings. The molecule has 0 aliphatic heterocycles. The van der Waals surface area contributed by atoms with E-state index in [-0.39, 0.29) is 10.8 Å². The summed E-state index contributed by atoms with van der Waals surface area (Å²) in [5, 5.41) is 2.98. The number of esters is 1. The average molecular weight is 225 g/mol. The maximum Gasteiger partial charge on any atom is 0.320 e. The second-order valence-electron chi connectivity index (χ2n) is 1.98. The molecule has 0 aromatic heterocycles. The van der Waals surface area contributed by atoms with Gasteiger partial charge in [-0.3, -0.25) is 4.79 Å². The minimum atomic E-state index is -0.279. The Morgan fingerprint density at radius 1 is 1.82 bits per heavy atom. The largest absolute Gasteiger partial charge is 0.468 e. The number of hydrogen-bond donors (Lipinski definition) is 2. The van der Waals surface area contributed by atoms with Crippen molar-refractivity contribution in [3.8, 4) is 0 Å². The molecule has 4 nitrogen and oxygen atoms in total. The molecule has 0 heterocycles. The van der Waals surface area contributed by atoms with Crippen molar-refractivity contribution >= 4 is 21.9 Å². The third-order valence-electron chi connectivity index (χ3n) is 1.10. The Labute approximate surface area is 74.6 Å². The lowest BCUT2D eigenvalue weighted by molar-refractivity contribution is -0.139. The minimum absolute atomic E-state index is 0.269. The van der Waals surface area contributed by atoms with Crippen LogP contribution < -0.4 is 11.1 Å². The van der Waals surface area contributed by atoms with Gasteiger partial charge in [0.05, 0.1) is 7.11 Å². The quantitative estimate of drug-likeness (QED) is 0.375. The highest BCUT2D eigenvalue weighted by Crippen LogP contribution is 1.98. The Hall–Kier alpha value is -0.130. The Morgan fingerprint density at radius 3 is 2.91 bits per heavy atom. The van der Waals surface area contributed by atoms with Gasteiger partial charge in [0.25, 0.3) is 0 Å². The van der Waals surface area contributed by atoms with Crippen molar-refractivity contribution in [1.29, 1.82) is 0 Å². The first kappa shape index (κ1) is 10.9. The fourth-order valence-corrected chi connectivity index (χ4v) is 0.958. The van der Waals surface area contributed by atoms with Crippen LogP contribution in [0.4, 0.5) is 0 Å². The molecule has 1 atom stereocenters. The normalized spacial score (nSPS) is 12.6. The number of methoxy groups -OCH3 is 1. The zero-order valence-corrected chi connectivity index (χ0v) is 8.06. The standard InChI is InChI=1S/C6H13BrN2O2/c1-11-6(10)5(7)4-9-3-2-8/h5,9H,2-4,8H2,1H3. The number of ether oxygens (including phenoxy) is 1. The highest BCUT2D eigenvalue weighted by Gasteiger charge is 2.13. The van der Waals surface area contributed by atoms with Gasteiger partial charge in [-0.1, -0.05) is 15.9 Å². The summed E-state index contributed by atoms with van der Waals surface area (Å²) in [6.45, 7) is 1.82. The summed E-state index contributed by atoms with van der Waals surface area (Å²) in [6, 6.07) is 0. The van der Waals surface area contributed by atoms with Crippen LogP contribution >= 0.6 is 15.9 Å². The number of halogens is 1. The molecule has 0 aromatic rings. The van der Waals surface area contributed by atoms with Crippen molar-refractivity contribution in [2.75, 3.05) is 26.7 Å². The van der Waals surface area contributed by atoms with E-state index < -0.39 is 0 Å². The van der Waals surface area contributed by atoms with E-state index in [1.54, 1.807) is 0 Å². The smallest absolute Gasteiger partial charge is 0.320 e. The Balaban J connectivity index is 3.36. The molecule has 0 bridgehead atoms. The van der Waals surface area contributed by atoms with Crippen molar-refractivity contribution in [2.24, 2.45) is 5.73 Å². The van der Waals surface area contributed by atoms with Crippen LogP contribution in [0, 0.1) is 0 Å². The molecular formula is C6H13BrN2O2. The topological polar surface area (TPSA) is 64.3 Å². The number of rotatable bonds is 5. The number of alkyl halides is 1. The number of carbonyl (C=O) groups is 1. The highest BCUT2D eigenvalue weighted by atomic mass is 79.9. The first-order chi connectivity index (χ1) is 5.22. The number of carbonyl (C=O) groups excluding carboxylic acids is 1. The van der Waals surface area contributed by atoms with Crippen LogP contribution in [0.1, 0.15) is 0 Å². The maximum atomic E-state index is 10.8. The lowest BCUT2D eigenvalue weighted by Gasteiger charge is -2.07. The lowest BCUT2D eigenvalue weighted by atomic mass is 10.4. The van der Waals surface area contributed by atoms with E-state index in [9.17, 15) is 4.79 Å². The molecule has 11 heavy (non-hydrogen) atoms. The predicted octanol–water partition coefficient (Wildman–Crippen LogP) is -0.529. The lowest BCUT2D eigenvalue weighted by Crippen LogP contribution is -2.32. The fraction of sp³-hybridized carbons (Fsp3) is 0.833. The van der Waals surface area contributed by atoms with E-state index in [4.69, 9.17) is 5.73 Å². The van der Waals surface area contributed by atoms with Crippen LogP contribution in [-0.4, -0.2) is 37.5 Å². The van der Waals surface area contributed by atoms with Gasteiger partial charge in [0.2, 0.25) is 0 Å². The van der Waals surface area contributed by atoms with E-state index in [0.29, 0.717) is 19.6 Å². The van der Waals surface area contributed by atoms with E-state index in [1.165, 1.54) is 7.11 Å². The summed E-state index contributed by atoms with van der Waals surface area (Å²) >= 11 is 3.16. The van der Waals surface area contributed by atoms with Crippen LogP contribution in [0.15, 0.2) is 0 Å². The molecule has 0 amide bonds. The summed E-state index contributed by atoms with van der Waals surface area (Å²) in [4.78, 5) is 10.5. The summed E-state index contributed by atoms with van der Waals surface area (Å²) < 4.78 is 4.49. The Morgan fingerprint density at radius 2 is 2.45 bits per heavy atom. The monoisotopic (exact) mass is 224 g/mol. The molecule has 0 aliphatic carbocycles. The molecule has 0 saturated heterocycles. The van der Waals surface area contributed by atoms with Crippen LogP contribution in [0.2, 0.25) is 0 Å². The predicted molar refractivity (Wildman–Crippen MR) is 46.7 cm³/mol. The van der Waals surface area contributed by atoms with Gasteiger partial charge in [0.15, 0.2) is 0 Å². The van der Waals surface area contributed by atoms with Crippen LogP contribution in [0.25, 0.3) is 0 Å². The van der Waals surface area contributed by atoms with Gasteiger partial charge in [0, 0.05) is 19.6 Å². The molecule has 0 radical (unpaired) electrons. The third kappa shape index (κ3) is 5.17. The molecule has 0 rings (SSSR count). The number of hydrogen-bond acceptors (Lipinski definition) is 4. The van der Waals surface area contributed by atoms with E-state index in [1.807, 2.05) is 0 Å². The molecule has 5 heteroatoms. The first-order valence-corrected chi connectivity index (χ1v) is 4.26. The molecule has 66 valence electrons. The number of nitrogens with one attached hydrogen (secondary N) is 1. The molecule has 0 spiro atoms. The van der Waals surface area contributed by atoms with Crippen molar-refractivity contribution in [1.82, 2.24) is 5.32 Å². The maximum absolute atomic E-state index is 10.8. The highest BCUT2D eigenvalue weighted by molar-refractivity contribution is 9.10. The third-order valence-corrected chi connectivity index (χ3v) is 1.80. The van der Waals surface area contributed by atoms with Crippen molar-refractivity contribution in [3.63, 3.8) is 0 Å². The SMILES string of the molecule is COC(=O)C(Br)CNCCN. The van der Waals surface area contributed by atoms with Crippen LogP contribution in [0.3, 0.4) is 0 Å². The van der Waals surface area contributed by atoms with Crippen LogP contribution in [0.5, 0.6) is 0 Å². The zero-order chi connectivity index (χ0) is 8.69. The van der Waals surface area contributed by atoms with E-state index >= 15 is 0 Å². The summed E-state index contributed by atoms with van der Waals surface area (Å²) in [7, 11) is 1.36. The summed E-state index contributed by atoms with van der Waals surface area (Å²) in [5.41, 5.74) is 5.23. The molecular weight excluding hydrogens is 212 g/mol. The summed E-state index contributed by atoms with van der Waals surface area (Å²) in [6.07, 6.45) is 0. The van der Waals surface area contributed by atoms with Crippen molar-refractivity contribution in [3.05, 3.63) is 0 Å². The number of nitrogens with two attached hydrogens (primary N) is 1. The van der Waals surface area contributed by atoms with Gasteiger partial charge >= 0.3 is 5.97 Å². The minimum Gasteiger partial charge on any atom is -0.468 e. The second-order valence-corrected chi connectivity index (χ2v) is 3.09. The van der Waals surface area contributed by atoms with Gasteiger partial charge in [-0.15, -0.1) is 0 Å². The van der Waals surface area contributed by atoms with Crippen molar-refractivity contribution < 1.29 is 9.53 Å². The van der Waals surface area contributed by atoms with Gasteiger partial charge in [-0.2, -0.15) is 0 Å². The van der Waals surface area contributed by atoms with Crippen molar-refractivity contribution in [2.45, 2.75) is 4.83 Å². The van der Waals surface area contributed by atoms with E-state index in [2.05, 4.69) is 26.0 Å². The summed E-state index contributed by atoms with van der Waals surface area (Å²) in [5.74, 6) is -0.269. The first-order valence-electron chi connectivity index (χ1n) is 3.35. The van der Waals surface area contributed by atoms with Gasteiger partial charge < -0.3 is 15.8 Å². The zero-order valence-electron chi connectivity index (χ0n) is 6.47.